The maximum atomic E-state index is 11.2. The van der Waals surface area contributed by atoms with Gasteiger partial charge in [-0.15, -0.1) is 0 Å². The van der Waals surface area contributed by atoms with Crippen molar-refractivity contribution < 1.29 is 14.3 Å². The summed E-state index contributed by atoms with van der Waals surface area (Å²) in [5, 5.41) is 11.7. The molecule has 0 aliphatic carbocycles. The normalized spacial score (nSPS) is 10.6. The van der Waals surface area contributed by atoms with Crippen LogP contribution in [0.15, 0.2) is 36.0 Å². The largest absolute Gasteiger partial charge is 0.494 e. The zero-order chi connectivity index (χ0) is 14.8. The molecule has 0 aliphatic rings. The number of rotatable bonds is 7. The quantitative estimate of drug-likeness (QED) is 0.358. The molecule has 0 heterocycles. The first-order valence-corrected chi connectivity index (χ1v) is 6.39. The Bertz CT molecular complexity index is 501. The second-order valence-electron chi connectivity index (χ2n) is 4.03. The lowest BCUT2D eigenvalue weighted by Crippen LogP contribution is -2.05. The summed E-state index contributed by atoms with van der Waals surface area (Å²) < 4.78 is 10.0. The van der Waals surface area contributed by atoms with Crippen LogP contribution >= 0.6 is 0 Å². The number of methoxy groups -OCH3 is 1. The fourth-order valence-corrected chi connectivity index (χ4v) is 1.38. The van der Waals surface area contributed by atoms with Gasteiger partial charge in [-0.1, -0.05) is 13.3 Å². The van der Waals surface area contributed by atoms with E-state index in [0.717, 1.165) is 24.3 Å². The second kappa shape index (κ2) is 8.59. The van der Waals surface area contributed by atoms with Gasteiger partial charge in [0, 0.05) is 11.9 Å². The van der Waals surface area contributed by atoms with Crippen molar-refractivity contribution in [2.75, 3.05) is 19.0 Å². The average molecular weight is 274 g/mol. The number of anilines is 1. The Morgan fingerprint density at radius 3 is 2.65 bits per heavy atom. The standard InChI is InChI=1S/C15H18N2O3/c1-3-4-9-20-14-7-5-13(6-8-14)17-11-12(10-16)15(18)19-2/h5-8,11,17H,3-4,9H2,1-2H3/b12-11-. The maximum absolute atomic E-state index is 11.2. The van der Waals surface area contributed by atoms with Gasteiger partial charge in [-0.3, -0.25) is 0 Å². The summed E-state index contributed by atoms with van der Waals surface area (Å²) >= 11 is 0. The highest BCUT2D eigenvalue weighted by Gasteiger charge is 2.07. The minimum Gasteiger partial charge on any atom is -0.494 e. The molecule has 1 aromatic carbocycles. The molecule has 0 amide bonds. The lowest BCUT2D eigenvalue weighted by atomic mass is 10.3. The van der Waals surface area contributed by atoms with E-state index in [1.54, 1.807) is 6.07 Å². The summed E-state index contributed by atoms with van der Waals surface area (Å²) in [5.74, 6) is 0.126. The lowest BCUT2D eigenvalue weighted by molar-refractivity contribution is -0.135. The van der Waals surface area contributed by atoms with E-state index in [1.807, 2.05) is 24.3 Å². The van der Waals surface area contributed by atoms with Crippen molar-refractivity contribution >= 4 is 11.7 Å². The van der Waals surface area contributed by atoms with Gasteiger partial charge >= 0.3 is 5.97 Å². The molecule has 0 unspecified atom stereocenters. The Morgan fingerprint density at radius 1 is 1.40 bits per heavy atom. The minimum atomic E-state index is -0.667. The SMILES string of the molecule is CCCCOc1ccc(N/C=C(/C#N)C(=O)OC)cc1. The molecule has 0 fully saturated rings. The first-order chi connectivity index (χ1) is 9.71. The topological polar surface area (TPSA) is 71.3 Å². The predicted molar refractivity (Wildman–Crippen MR) is 76.2 cm³/mol. The van der Waals surface area contributed by atoms with Crippen LogP contribution in [0.3, 0.4) is 0 Å². The van der Waals surface area contributed by atoms with Gasteiger partial charge in [0.1, 0.15) is 11.8 Å². The summed E-state index contributed by atoms with van der Waals surface area (Å²) in [4.78, 5) is 11.2. The number of carbonyl (C=O) groups is 1. The Morgan fingerprint density at radius 2 is 2.10 bits per heavy atom. The van der Waals surface area contributed by atoms with E-state index in [0.29, 0.717) is 6.61 Å². The molecule has 1 aromatic rings. The first kappa shape index (κ1) is 15.6. The molecule has 20 heavy (non-hydrogen) atoms. The number of unbranched alkanes of at least 4 members (excludes halogenated alkanes) is 1. The van der Waals surface area contributed by atoms with Crippen LogP contribution in [0.1, 0.15) is 19.8 Å². The Balaban J connectivity index is 2.59. The molecule has 0 saturated carbocycles. The molecule has 106 valence electrons. The monoisotopic (exact) mass is 274 g/mol. The van der Waals surface area contributed by atoms with Crippen molar-refractivity contribution in [1.82, 2.24) is 0 Å². The van der Waals surface area contributed by atoms with Crippen LogP contribution in [0.5, 0.6) is 5.75 Å². The molecule has 1 rings (SSSR count). The predicted octanol–water partition coefficient (Wildman–Crippen LogP) is 2.86. The van der Waals surface area contributed by atoms with Gasteiger partial charge in [0.05, 0.1) is 13.7 Å². The van der Waals surface area contributed by atoms with Crippen molar-refractivity contribution in [1.29, 1.82) is 5.26 Å². The third kappa shape index (κ3) is 5.02. The van der Waals surface area contributed by atoms with Crippen LogP contribution in [-0.4, -0.2) is 19.7 Å². The number of nitrogens with one attached hydrogen (secondary N) is 1. The molecule has 0 bridgehead atoms. The number of hydrogen-bond acceptors (Lipinski definition) is 5. The summed E-state index contributed by atoms with van der Waals surface area (Å²) in [6.45, 7) is 2.81. The summed E-state index contributed by atoms with van der Waals surface area (Å²) in [6, 6.07) is 9.05. The molecule has 0 radical (unpaired) electrons. The molecule has 0 atom stereocenters. The maximum Gasteiger partial charge on any atom is 0.350 e. The van der Waals surface area contributed by atoms with Crippen LogP contribution in [0.25, 0.3) is 0 Å². The van der Waals surface area contributed by atoms with Crippen LogP contribution in [0.4, 0.5) is 5.69 Å². The number of carbonyl (C=O) groups excluding carboxylic acids is 1. The molecule has 0 aliphatic heterocycles. The Hall–Kier alpha value is -2.48. The number of ether oxygens (including phenoxy) is 2. The van der Waals surface area contributed by atoms with Gasteiger partial charge in [0.25, 0.3) is 0 Å². The van der Waals surface area contributed by atoms with Gasteiger partial charge in [-0.2, -0.15) is 5.26 Å². The average Bonchev–Trinajstić information content (AvgIpc) is 2.49. The van der Waals surface area contributed by atoms with Crippen LogP contribution in [-0.2, 0) is 9.53 Å². The van der Waals surface area contributed by atoms with Crippen LogP contribution < -0.4 is 10.1 Å². The Labute approximate surface area is 118 Å². The lowest BCUT2D eigenvalue weighted by Gasteiger charge is -2.06. The molecule has 1 N–H and O–H groups in total. The van der Waals surface area contributed by atoms with Crippen molar-refractivity contribution in [3.8, 4) is 11.8 Å². The van der Waals surface area contributed by atoms with E-state index < -0.39 is 5.97 Å². The van der Waals surface area contributed by atoms with E-state index in [4.69, 9.17) is 10.00 Å². The zero-order valence-electron chi connectivity index (χ0n) is 11.7. The highest BCUT2D eigenvalue weighted by Crippen LogP contribution is 2.16. The first-order valence-electron chi connectivity index (χ1n) is 6.39. The third-order valence-corrected chi connectivity index (χ3v) is 2.53. The summed E-state index contributed by atoms with van der Waals surface area (Å²) in [7, 11) is 1.23. The van der Waals surface area contributed by atoms with Crippen molar-refractivity contribution in [2.24, 2.45) is 0 Å². The van der Waals surface area contributed by atoms with Gasteiger partial charge in [-0.05, 0) is 30.7 Å². The minimum absolute atomic E-state index is 0.0872. The number of nitrogens with zero attached hydrogens (tertiary/aromatic N) is 1. The molecular formula is C15H18N2O3. The Kier molecular flexibility index (Phi) is 6.69. The molecular weight excluding hydrogens is 256 g/mol. The van der Waals surface area contributed by atoms with Crippen LogP contribution in [0.2, 0.25) is 0 Å². The number of nitriles is 1. The summed E-state index contributed by atoms with van der Waals surface area (Å²) in [5.41, 5.74) is 0.667. The van der Waals surface area contributed by atoms with Gasteiger partial charge in [-0.25, -0.2) is 4.79 Å². The fraction of sp³-hybridized carbons (Fsp3) is 0.333. The molecule has 0 aromatic heterocycles. The fourth-order valence-electron chi connectivity index (χ4n) is 1.38. The number of hydrogen-bond donors (Lipinski definition) is 1. The number of esters is 1. The highest BCUT2D eigenvalue weighted by molar-refractivity contribution is 5.92. The zero-order valence-corrected chi connectivity index (χ0v) is 11.7. The van der Waals surface area contributed by atoms with E-state index in [1.165, 1.54) is 13.3 Å². The van der Waals surface area contributed by atoms with E-state index in [2.05, 4.69) is 17.0 Å². The smallest absolute Gasteiger partial charge is 0.350 e. The number of benzene rings is 1. The van der Waals surface area contributed by atoms with Gasteiger partial charge in [0.2, 0.25) is 0 Å². The molecule has 5 heteroatoms. The molecule has 5 nitrogen and oxygen atoms in total. The van der Waals surface area contributed by atoms with E-state index >= 15 is 0 Å². The van der Waals surface area contributed by atoms with E-state index in [9.17, 15) is 4.79 Å². The van der Waals surface area contributed by atoms with Gasteiger partial charge in [0.15, 0.2) is 5.57 Å². The van der Waals surface area contributed by atoms with Crippen molar-refractivity contribution in [3.63, 3.8) is 0 Å². The highest BCUT2D eigenvalue weighted by atomic mass is 16.5. The third-order valence-electron chi connectivity index (χ3n) is 2.53. The summed E-state index contributed by atoms with van der Waals surface area (Å²) in [6.07, 6.45) is 3.43. The molecule has 0 saturated heterocycles. The van der Waals surface area contributed by atoms with E-state index in [-0.39, 0.29) is 5.57 Å². The van der Waals surface area contributed by atoms with Crippen LogP contribution in [0, 0.1) is 11.3 Å². The second-order valence-corrected chi connectivity index (χ2v) is 4.03. The van der Waals surface area contributed by atoms with Crippen molar-refractivity contribution in [2.45, 2.75) is 19.8 Å². The van der Waals surface area contributed by atoms with Crippen molar-refractivity contribution in [3.05, 3.63) is 36.0 Å². The van der Waals surface area contributed by atoms with Gasteiger partial charge < -0.3 is 14.8 Å². The molecule has 0 spiro atoms.